The number of aliphatic hydroxyl groups is 1. The van der Waals surface area contributed by atoms with E-state index in [2.05, 4.69) is 19.9 Å². The third-order valence-electron chi connectivity index (χ3n) is 8.74. The Labute approximate surface area is 168 Å². The SMILES string of the molecule is CCCCC[C@H]1CC[C@@H]([C@H]2CC[C@](C#N)([C@@]3(O)CCCC(C)C3)CC2)CC1. The van der Waals surface area contributed by atoms with E-state index in [0.29, 0.717) is 5.92 Å². The summed E-state index contributed by atoms with van der Waals surface area (Å²) in [4.78, 5) is 0. The summed E-state index contributed by atoms with van der Waals surface area (Å²) in [7, 11) is 0. The number of rotatable bonds is 6. The van der Waals surface area contributed by atoms with Crippen molar-refractivity contribution < 1.29 is 5.11 Å². The maximum Gasteiger partial charge on any atom is 0.0860 e. The lowest BCUT2D eigenvalue weighted by Crippen LogP contribution is -2.52. The fraction of sp³-hybridized carbons (Fsp3) is 0.960. The van der Waals surface area contributed by atoms with Gasteiger partial charge in [0.15, 0.2) is 0 Å². The second kappa shape index (κ2) is 9.30. The Kier molecular flexibility index (Phi) is 7.29. The number of hydrogen-bond acceptors (Lipinski definition) is 2. The first kappa shape index (κ1) is 21.2. The van der Waals surface area contributed by atoms with Crippen molar-refractivity contribution >= 4 is 0 Å². The summed E-state index contributed by atoms with van der Waals surface area (Å²) in [5.74, 6) is 3.26. The summed E-state index contributed by atoms with van der Waals surface area (Å²) in [5, 5.41) is 21.5. The third-order valence-corrected chi connectivity index (χ3v) is 8.74. The predicted octanol–water partition coefficient (Wildman–Crippen LogP) is 7.01. The van der Waals surface area contributed by atoms with Crippen molar-refractivity contribution in [2.45, 2.75) is 122 Å². The molecule has 0 aromatic rings. The van der Waals surface area contributed by atoms with Crippen LogP contribution in [0.4, 0.5) is 0 Å². The van der Waals surface area contributed by atoms with Crippen molar-refractivity contribution in [2.24, 2.45) is 29.1 Å². The minimum Gasteiger partial charge on any atom is -0.388 e. The molecule has 0 bridgehead atoms. The van der Waals surface area contributed by atoms with Crippen molar-refractivity contribution in [3.63, 3.8) is 0 Å². The summed E-state index contributed by atoms with van der Waals surface area (Å²) < 4.78 is 0. The maximum absolute atomic E-state index is 11.4. The largest absolute Gasteiger partial charge is 0.388 e. The minimum atomic E-state index is -0.721. The zero-order valence-corrected chi connectivity index (χ0v) is 18.0. The molecule has 3 fully saturated rings. The number of nitrogens with zero attached hydrogens (tertiary/aromatic N) is 1. The molecular weight excluding hydrogens is 330 g/mol. The van der Waals surface area contributed by atoms with Crippen LogP contribution in [0.3, 0.4) is 0 Å². The second-order valence-corrected chi connectivity index (χ2v) is 10.5. The van der Waals surface area contributed by atoms with E-state index in [1.807, 2.05) is 0 Å². The Morgan fingerprint density at radius 1 is 0.926 bits per heavy atom. The van der Waals surface area contributed by atoms with Gasteiger partial charge in [-0.15, -0.1) is 0 Å². The van der Waals surface area contributed by atoms with Crippen molar-refractivity contribution in [1.82, 2.24) is 0 Å². The Morgan fingerprint density at radius 3 is 2.19 bits per heavy atom. The van der Waals surface area contributed by atoms with Gasteiger partial charge in [0.2, 0.25) is 0 Å². The summed E-state index contributed by atoms with van der Waals surface area (Å²) in [6.07, 6.45) is 19.6. The van der Waals surface area contributed by atoms with Crippen molar-refractivity contribution in [2.75, 3.05) is 0 Å². The van der Waals surface area contributed by atoms with E-state index < -0.39 is 11.0 Å². The number of hydrogen-bond donors (Lipinski definition) is 1. The molecule has 2 atom stereocenters. The molecule has 27 heavy (non-hydrogen) atoms. The second-order valence-electron chi connectivity index (χ2n) is 10.5. The van der Waals surface area contributed by atoms with Gasteiger partial charge >= 0.3 is 0 Å². The molecule has 1 unspecified atom stereocenters. The number of nitriles is 1. The molecule has 2 heteroatoms. The molecule has 0 heterocycles. The van der Waals surface area contributed by atoms with Gasteiger partial charge in [-0.3, -0.25) is 0 Å². The smallest absolute Gasteiger partial charge is 0.0860 e. The average molecular weight is 374 g/mol. The van der Waals surface area contributed by atoms with Gasteiger partial charge in [0.05, 0.1) is 17.1 Å². The normalized spacial score (nSPS) is 43.2. The van der Waals surface area contributed by atoms with Gasteiger partial charge in [-0.1, -0.05) is 65.2 Å². The molecule has 0 aromatic carbocycles. The van der Waals surface area contributed by atoms with Gasteiger partial charge in [0.25, 0.3) is 0 Å². The molecule has 3 saturated carbocycles. The predicted molar refractivity (Wildman–Crippen MR) is 112 cm³/mol. The van der Waals surface area contributed by atoms with E-state index in [1.165, 1.54) is 70.6 Å². The lowest BCUT2D eigenvalue weighted by Gasteiger charge is -2.50. The quantitative estimate of drug-likeness (QED) is 0.509. The van der Waals surface area contributed by atoms with Crippen molar-refractivity contribution in [3.8, 4) is 6.07 Å². The van der Waals surface area contributed by atoms with E-state index in [0.717, 1.165) is 49.9 Å². The number of unbranched alkanes of at least 4 members (excludes halogenated alkanes) is 2. The molecule has 3 aliphatic carbocycles. The summed E-state index contributed by atoms with van der Waals surface area (Å²) in [6, 6.07) is 2.66. The Balaban J connectivity index is 1.50. The molecule has 0 aliphatic heterocycles. The van der Waals surface area contributed by atoms with Gasteiger partial charge in [-0.05, 0) is 75.0 Å². The molecule has 0 spiro atoms. The topological polar surface area (TPSA) is 44.0 Å². The van der Waals surface area contributed by atoms with Crippen LogP contribution in [0.25, 0.3) is 0 Å². The average Bonchev–Trinajstić information content (AvgIpc) is 2.68. The van der Waals surface area contributed by atoms with E-state index >= 15 is 0 Å². The van der Waals surface area contributed by atoms with E-state index in [-0.39, 0.29) is 0 Å². The van der Waals surface area contributed by atoms with Gasteiger partial charge < -0.3 is 5.11 Å². The minimum absolute atomic E-state index is 0.463. The van der Waals surface area contributed by atoms with Crippen LogP contribution in [0.1, 0.15) is 117 Å². The third kappa shape index (κ3) is 4.72. The van der Waals surface area contributed by atoms with Crippen LogP contribution >= 0.6 is 0 Å². The molecule has 0 radical (unpaired) electrons. The maximum atomic E-state index is 11.4. The fourth-order valence-corrected chi connectivity index (χ4v) is 6.88. The zero-order valence-electron chi connectivity index (χ0n) is 18.0. The van der Waals surface area contributed by atoms with Crippen LogP contribution in [-0.2, 0) is 0 Å². The van der Waals surface area contributed by atoms with Gasteiger partial charge in [-0.2, -0.15) is 5.26 Å². The van der Waals surface area contributed by atoms with E-state index in [4.69, 9.17) is 0 Å². The van der Waals surface area contributed by atoms with Gasteiger partial charge in [-0.25, -0.2) is 0 Å². The summed E-state index contributed by atoms with van der Waals surface area (Å²) in [5.41, 5.74) is -1.18. The Morgan fingerprint density at radius 2 is 1.59 bits per heavy atom. The molecule has 3 aliphatic rings. The fourth-order valence-electron chi connectivity index (χ4n) is 6.88. The van der Waals surface area contributed by atoms with Gasteiger partial charge in [0, 0.05) is 0 Å². The molecule has 2 nitrogen and oxygen atoms in total. The van der Waals surface area contributed by atoms with Crippen LogP contribution in [0, 0.1) is 40.4 Å². The first-order chi connectivity index (χ1) is 13.0. The molecule has 1 N–H and O–H groups in total. The highest BCUT2D eigenvalue weighted by molar-refractivity contribution is 5.14. The molecule has 0 aromatic heterocycles. The Hall–Kier alpha value is -0.550. The zero-order chi connectivity index (χ0) is 19.3. The molecule has 0 amide bonds. The van der Waals surface area contributed by atoms with Crippen molar-refractivity contribution in [3.05, 3.63) is 0 Å². The summed E-state index contributed by atoms with van der Waals surface area (Å²) >= 11 is 0. The standard InChI is InChI=1S/C25H43NO/c1-3-4-5-8-21-9-11-22(12-10-21)23-13-16-24(19-26,17-14-23)25(27)15-6-7-20(2)18-25/h20-23,27H,3-18H2,1-2H3/t20?,21-,22+,23-,24-,25-/m1/s1. The van der Waals surface area contributed by atoms with Crippen LogP contribution in [0.15, 0.2) is 0 Å². The van der Waals surface area contributed by atoms with Crippen LogP contribution in [-0.4, -0.2) is 10.7 Å². The van der Waals surface area contributed by atoms with Gasteiger partial charge in [0.1, 0.15) is 0 Å². The lowest BCUT2D eigenvalue weighted by molar-refractivity contribution is -0.115. The highest BCUT2D eigenvalue weighted by Gasteiger charge is 2.53. The lowest BCUT2D eigenvalue weighted by atomic mass is 9.55. The van der Waals surface area contributed by atoms with Crippen molar-refractivity contribution in [1.29, 1.82) is 5.26 Å². The summed E-state index contributed by atoms with van der Waals surface area (Å²) in [6.45, 7) is 4.55. The monoisotopic (exact) mass is 373 g/mol. The molecule has 154 valence electrons. The Bertz CT molecular complexity index is 493. The van der Waals surface area contributed by atoms with E-state index in [1.54, 1.807) is 0 Å². The highest BCUT2D eigenvalue weighted by atomic mass is 16.3. The van der Waals surface area contributed by atoms with E-state index in [9.17, 15) is 10.4 Å². The first-order valence-corrected chi connectivity index (χ1v) is 12.2. The van der Waals surface area contributed by atoms with Crippen LogP contribution in [0.2, 0.25) is 0 Å². The highest BCUT2D eigenvalue weighted by Crippen LogP contribution is 2.54. The molecule has 3 rings (SSSR count). The first-order valence-electron chi connectivity index (χ1n) is 12.2. The molecule has 0 saturated heterocycles. The molecular formula is C25H43NO. The van der Waals surface area contributed by atoms with Crippen LogP contribution < -0.4 is 0 Å². The van der Waals surface area contributed by atoms with Crippen LogP contribution in [0.5, 0.6) is 0 Å².